The Hall–Kier alpha value is -0.750. The van der Waals surface area contributed by atoms with E-state index in [2.05, 4.69) is 32.1 Å². The summed E-state index contributed by atoms with van der Waals surface area (Å²) in [5.41, 5.74) is 2.05. The van der Waals surface area contributed by atoms with Gasteiger partial charge in [0.15, 0.2) is 11.3 Å². The van der Waals surface area contributed by atoms with Crippen LogP contribution in [0.4, 0.5) is 0 Å². The average molecular weight is 379 g/mol. The fourth-order valence-corrected chi connectivity index (χ4v) is 2.82. The molecule has 1 atom stereocenters. The maximum atomic E-state index is 11.5. The molecule has 0 saturated heterocycles. The van der Waals surface area contributed by atoms with E-state index in [1.807, 2.05) is 26.8 Å². The maximum Gasteiger partial charge on any atom is 0.359 e. The van der Waals surface area contributed by atoms with E-state index in [0.29, 0.717) is 12.1 Å². The maximum absolute atomic E-state index is 11.5. The van der Waals surface area contributed by atoms with Gasteiger partial charge < -0.3 is 4.74 Å². The molecule has 2 heterocycles. The Morgan fingerprint density at radius 1 is 1.50 bits per heavy atom. The highest BCUT2D eigenvalue weighted by molar-refractivity contribution is 14.2. The molecule has 2 rings (SSSR count). The third-order valence-electron chi connectivity index (χ3n) is 2.12. The van der Waals surface area contributed by atoms with Crippen molar-refractivity contribution in [2.45, 2.75) is 20.8 Å². The molecule has 0 saturated carbocycles. The van der Waals surface area contributed by atoms with Gasteiger partial charge in [-0.05, 0) is 40.6 Å². The lowest BCUT2D eigenvalue weighted by atomic mass is 10.2. The molecule has 0 radical (unpaired) electrons. The third kappa shape index (κ3) is 2.98. The quantitative estimate of drug-likeness (QED) is 0.456. The van der Waals surface area contributed by atoms with E-state index in [1.165, 1.54) is 7.11 Å². The van der Waals surface area contributed by atoms with Crippen LogP contribution in [0.25, 0.3) is 11.0 Å². The zero-order valence-electron chi connectivity index (χ0n) is 10.7. The zero-order valence-corrected chi connectivity index (χ0v) is 13.8. The largest absolute Gasteiger partial charge is 0.464 e. The van der Waals surface area contributed by atoms with Gasteiger partial charge >= 0.3 is 5.97 Å². The average Bonchev–Trinajstić information content (AvgIpc) is 2.78. The van der Waals surface area contributed by atoms with Crippen LogP contribution in [0.2, 0.25) is 0 Å². The first-order valence-electron chi connectivity index (χ1n) is 5.47. The molecule has 0 spiro atoms. The van der Waals surface area contributed by atoms with Crippen molar-refractivity contribution >= 4 is 45.4 Å². The Morgan fingerprint density at radius 3 is 2.72 bits per heavy atom. The van der Waals surface area contributed by atoms with Crippen molar-refractivity contribution < 1.29 is 9.53 Å². The molecular formula is C11H15IN3O2P. The molecule has 18 heavy (non-hydrogen) atoms. The van der Waals surface area contributed by atoms with E-state index in [4.69, 9.17) is 4.74 Å². The van der Waals surface area contributed by atoms with Gasteiger partial charge in [-0.3, -0.25) is 0 Å². The van der Waals surface area contributed by atoms with Gasteiger partial charge in [-0.2, -0.15) is 5.10 Å². The van der Waals surface area contributed by atoms with Gasteiger partial charge in [0.1, 0.15) is 0 Å². The van der Waals surface area contributed by atoms with Crippen LogP contribution >= 0.6 is 28.4 Å². The lowest BCUT2D eigenvalue weighted by Crippen LogP contribution is -2.02. The van der Waals surface area contributed by atoms with Crippen LogP contribution in [0.5, 0.6) is 0 Å². The minimum atomic E-state index is -0.425. The number of ether oxygens (including phenoxy) is 1. The zero-order chi connectivity index (χ0) is 13.7. The van der Waals surface area contributed by atoms with Crippen molar-refractivity contribution in [3.05, 3.63) is 23.5 Å². The van der Waals surface area contributed by atoms with Crippen molar-refractivity contribution in [3.63, 3.8) is 0 Å². The first-order chi connectivity index (χ1) is 8.67. The van der Waals surface area contributed by atoms with E-state index in [-0.39, 0.29) is 0 Å². The molecule has 0 aliphatic carbocycles. The van der Waals surface area contributed by atoms with Gasteiger partial charge in [-0.25, -0.2) is 14.2 Å². The molecule has 0 bridgehead atoms. The number of pyridine rings is 1. The van der Waals surface area contributed by atoms with Gasteiger partial charge in [0.2, 0.25) is 0 Å². The van der Waals surface area contributed by atoms with Crippen LogP contribution in [0.3, 0.4) is 0 Å². The van der Waals surface area contributed by atoms with Gasteiger partial charge in [-0.1, -0.05) is 13.8 Å². The van der Waals surface area contributed by atoms with Crippen molar-refractivity contribution in [1.82, 2.24) is 14.5 Å². The Balaban J connectivity index is 0.000000771. The summed E-state index contributed by atoms with van der Waals surface area (Å²) in [6.07, 6.45) is 2.16. The van der Waals surface area contributed by atoms with E-state index in [0.717, 1.165) is 16.6 Å². The number of rotatable bonds is 2. The number of aryl methyl sites for hydroxylation is 1. The van der Waals surface area contributed by atoms with Crippen LogP contribution < -0.4 is 0 Å². The predicted molar refractivity (Wildman–Crippen MR) is 82.7 cm³/mol. The fraction of sp³-hybridized carbons (Fsp3) is 0.364. The molecule has 2 aromatic rings. The van der Waals surface area contributed by atoms with Crippen molar-refractivity contribution in [3.8, 4) is 0 Å². The second kappa shape index (κ2) is 6.99. The Morgan fingerprint density at radius 2 is 2.17 bits per heavy atom. The number of aromatic nitrogens is 3. The molecule has 0 aliphatic rings. The van der Waals surface area contributed by atoms with E-state index < -0.39 is 5.97 Å². The highest BCUT2D eigenvalue weighted by Crippen LogP contribution is 2.29. The molecule has 5 nitrogen and oxygen atoms in total. The van der Waals surface area contributed by atoms with Crippen molar-refractivity contribution in [2.24, 2.45) is 0 Å². The lowest BCUT2D eigenvalue weighted by molar-refractivity contribution is 0.0596. The number of hydrogen-bond donors (Lipinski definition) is 0. The number of fused-ring (bicyclic) bond motifs is 1. The molecule has 0 aliphatic heterocycles. The summed E-state index contributed by atoms with van der Waals surface area (Å²) >= 11 is 2.20. The normalized spacial score (nSPS) is 10.5. The minimum absolute atomic E-state index is 0.331. The van der Waals surface area contributed by atoms with Gasteiger partial charge in [0.05, 0.1) is 18.9 Å². The molecule has 0 fully saturated rings. The third-order valence-corrected chi connectivity index (χ3v) is 3.96. The summed E-state index contributed by atoms with van der Waals surface area (Å²) in [5.74, 6) is -0.425. The summed E-state index contributed by atoms with van der Waals surface area (Å²) in [4.78, 5) is 15.8. The van der Waals surface area contributed by atoms with Crippen LogP contribution in [-0.2, 0) is 4.74 Å². The van der Waals surface area contributed by atoms with Gasteiger partial charge in [0.25, 0.3) is 0 Å². The van der Waals surface area contributed by atoms with E-state index in [1.54, 1.807) is 10.6 Å². The first-order valence-corrected chi connectivity index (χ1v) is 9.54. The predicted octanol–water partition coefficient (Wildman–Crippen LogP) is 3.34. The van der Waals surface area contributed by atoms with E-state index >= 15 is 0 Å². The smallest absolute Gasteiger partial charge is 0.359 e. The number of nitrogens with zero attached hydrogens (tertiary/aromatic N) is 3. The summed E-state index contributed by atoms with van der Waals surface area (Å²) in [5, 5.41) is 4.95. The molecule has 0 aromatic carbocycles. The Labute approximate surface area is 121 Å². The monoisotopic (exact) mass is 379 g/mol. The van der Waals surface area contributed by atoms with Gasteiger partial charge in [-0.15, -0.1) is 0 Å². The molecule has 1 unspecified atom stereocenters. The summed E-state index contributed by atoms with van der Waals surface area (Å²) < 4.78 is 6.41. The van der Waals surface area contributed by atoms with Crippen LogP contribution in [-0.4, -0.2) is 27.6 Å². The summed E-state index contributed by atoms with van der Waals surface area (Å²) in [6.45, 7) is 5.93. The van der Waals surface area contributed by atoms with Gasteiger partial charge in [0, 0.05) is 6.20 Å². The second-order valence-electron chi connectivity index (χ2n) is 3.22. The van der Waals surface area contributed by atoms with Crippen molar-refractivity contribution in [1.29, 1.82) is 0 Å². The molecule has 0 N–H and O–H groups in total. The highest BCUT2D eigenvalue weighted by atomic mass is 127. The second-order valence-corrected chi connectivity index (χ2v) is 5.26. The molecule has 0 amide bonds. The van der Waals surface area contributed by atoms with E-state index in [9.17, 15) is 4.79 Å². The molecule has 7 heteroatoms. The van der Waals surface area contributed by atoms with Crippen molar-refractivity contribution in [2.75, 3.05) is 7.11 Å². The summed E-state index contributed by atoms with van der Waals surface area (Å²) in [7, 11) is 1.35. The minimum Gasteiger partial charge on any atom is -0.464 e. The topological polar surface area (TPSA) is 57.0 Å². The van der Waals surface area contributed by atoms with Crippen LogP contribution in [0, 0.1) is 6.92 Å². The number of carbonyl (C=O) groups is 1. The first kappa shape index (κ1) is 15.3. The number of hydrogen-bond acceptors (Lipinski definition) is 4. The Bertz CT molecular complexity index is 556. The Kier molecular flexibility index (Phi) is 5.95. The number of methoxy groups -OCH3 is 1. The number of carbonyl (C=O) groups excluding carboxylic acids is 1. The number of esters is 1. The highest BCUT2D eigenvalue weighted by Gasteiger charge is 2.18. The molecular weight excluding hydrogens is 364 g/mol. The summed E-state index contributed by atoms with van der Waals surface area (Å²) in [6, 6.07) is 1.90. The standard InChI is InChI=1S/C9H9IN3O2P.C2H6/c1-5-3-6-7(9(14)15-2)12-13(16-10)8(6)11-4-5;1-2/h3-4,16H,1-2H3;1-2H3. The fourth-order valence-electron chi connectivity index (χ4n) is 1.41. The SMILES string of the molecule is CC.COC(=O)c1nn(PI)c2ncc(C)cc12. The van der Waals surface area contributed by atoms with Crippen LogP contribution in [0.1, 0.15) is 29.9 Å². The number of halogens is 1. The van der Waals surface area contributed by atoms with Crippen LogP contribution in [0.15, 0.2) is 12.3 Å². The molecule has 98 valence electrons. The molecule has 2 aromatic heterocycles. The lowest BCUT2D eigenvalue weighted by Gasteiger charge is -1.96.